The Morgan fingerprint density at radius 2 is 2.24 bits per heavy atom. The molecule has 17 heavy (non-hydrogen) atoms. The van der Waals surface area contributed by atoms with E-state index < -0.39 is 11.4 Å². The molecule has 0 aromatic carbocycles. The maximum atomic E-state index is 12.8. The van der Waals surface area contributed by atoms with Crippen LogP contribution >= 0.6 is 0 Å². The van der Waals surface area contributed by atoms with Gasteiger partial charge in [-0.15, -0.1) is 0 Å². The van der Waals surface area contributed by atoms with Crippen LogP contribution in [-0.2, 0) is 10.3 Å². The zero-order chi connectivity index (χ0) is 12.9. The summed E-state index contributed by atoms with van der Waals surface area (Å²) in [7, 11) is 1.63. The molecule has 0 amide bonds. The van der Waals surface area contributed by atoms with Gasteiger partial charge in [0.05, 0.1) is 11.9 Å². The van der Waals surface area contributed by atoms with Gasteiger partial charge in [0.2, 0.25) is 0 Å². The molecule has 2 unspecified atom stereocenters. The van der Waals surface area contributed by atoms with Gasteiger partial charge in [-0.25, -0.2) is 4.39 Å². The smallest absolute Gasteiger partial charge is 0.141 e. The van der Waals surface area contributed by atoms with Gasteiger partial charge in [-0.05, 0) is 30.9 Å². The van der Waals surface area contributed by atoms with Crippen molar-refractivity contribution in [2.24, 2.45) is 5.92 Å². The van der Waals surface area contributed by atoms with Crippen LogP contribution in [-0.4, -0.2) is 23.8 Å². The Bertz CT molecular complexity index is 342. The number of halogens is 1. The van der Waals surface area contributed by atoms with Gasteiger partial charge in [0.1, 0.15) is 11.4 Å². The van der Waals surface area contributed by atoms with Crippen LogP contribution in [0.2, 0.25) is 0 Å². The van der Waals surface area contributed by atoms with Crippen LogP contribution in [0.5, 0.6) is 0 Å². The fourth-order valence-electron chi connectivity index (χ4n) is 1.95. The highest BCUT2D eigenvalue weighted by atomic mass is 19.1. The van der Waals surface area contributed by atoms with Gasteiger partial charge in [0.15, 0.2) is 0 Å². The molecule has 0 fully saturated rings. The highest BCUT2D eigenvalue weighted by Gasteiger charge is 2.34. The predicted molar refractivity (Wildman–Crippen MR) is 64.0 cm³/mol. The highest BCUT2D eigenvalue weighted by molar-refractivity contribution is 5.14. The Morgan fingerprint density at radius 3 is 2.71 bits per heavy atom. The number of nitrogens with zero attached hydrogens (tertiary/aromatic N) is 1. The standard InChI is InChI=1S/C13H20FNO2/c1-4-13(16,10(2)7-8-17-3)12-6-5-11(14)9-15-12/h5-6,9-10,16H,4,7-8H2,1-3H3. The molecule has 96 valence electrons. The first-order valence-electron chi connectivity index (χ1n) is 5.88. The lowest BCUT2D eigenvalue weighted by molar-refractivity contribution is -0.0351. The van der Waals surface area contributed by atoms with Gasteiger partial charge >= 0.3 is 0 Å². The van der Waals surface area contributed by atoms with Crippen molar-refractivity contribution in [2.45, 2.75) is 32.3 Å². The number of hydrogen-bond acceptors (Lipinski definition) is 3. The van der Waals surface area contributed by atoms with Crippen LogP contribution in [0.15, 0.2) is 18.3 Å². The van der Waals surface area contributed by atoms with E-state index in [1.807, 2.05) is 13.8 Å². The second-order valence-corrected chi connectivity index (χ2v) is 4.32. The molecule has 0 aliphatic carbocycles. The molecule has 1 heterocycles. The second kappa shape index (κ2) is 6.07. The van der Waals surface area contributed by atoms with E-state index >= 15 is 0 Å². The third-order valence-electron chi connectivity index (χ3n) is 3.28. The molecule has 4 heteroatoms. The molecule has 0 aliphatic rings. The van der Waals surface area contributed by atoms with Gasteiger partial charge in [-0.3, -0.25) is 4.98 Å². The van der Waals surface area contributed by atoms with E-state index in [9.17, 15) is 9.50 Å². The highest BCUT2D eigenvalue weighted by Crippen LogP contribution is 2.33. The molecule has 0 spiro atoms. The molecule has 0 radical (unpaired) electrons. The largest absolute Gasteiger partial charge is 0.385 e. The summed E-state index contributed by atoms with van der Waals surface area (Å²) in [4.78, 5) is 3.98. The molecular weight excluding hydrogens is 221 g/mol. The molecule has 2 atom stereocenters. The summed E-state index contributed by atoms with van der Waals surface area (Å²) in [6.45, 7) is 4.44. The van der Waals surface area contributed by atoms with E-state index in [1.165, 1.54) is 6.07 Å². The first kappa shape index (κ1) is 14.1. The first-order valence-corrected chi connectivity index (χ1v) is 5.88. The summed E-state index contributed by atoms with van der Waals surface area (Å²) in [5, 5.41) is 10.6. The number of pyridine rings is 1. The molecule has 1 aromatic heterocycles. The van der Waals surface area contributed by atoms with Crippen molar-refractivity contribution in [1.82, 2.24) is 4.98 Å². The topological polar surface area (TPSA) is 42.4 Å². The Morgan fingerprint density at radius 1 is 1.53 bits per heavy atom. The molecule has 1 aromatic rings. The number of aromatic nitrogens is 1. The summed E-state index contributed by atoms with van der Waals surface area (Å²) < 4.78 is 17.8. The van der Waals surface area contributed by atoms with Crippen LogP contribution in [0.4, 0.5) is 4.39 Å². The van der Waals surface area contributed by atoms with Crippen molar-refractivity contribution in [3.05, 3.63) is 29.8 Å². The van der Waals surface area contributed by atoms with Crippen LogP contribution in [0.3, 0.4) is 0 Å². The third-order valence-corrected chi connectivity index (χ3v) is 3.28. The Labute approximate surface area is 102 Å². The van der Waals surface area contributed by atoms with E-state index in [0.717, 1.165) is 12.6 Å². The normalized spacial score (nSPS) is 16.5. The molecule has 3 nitrogen and oxygen atoms in total. The number of ether oxygens (including phenoxy) is 1. The number of methoxy groups -OCH3 is 1. The number of hydrogen-bond donors (Lipinski definition) is 1. The number of rotatable bonds is 6. The summed E-state index contributed by atoms with van der Waals surface area (Å²) in [5.41, 5.74) is -0.503. The van der Waals surface area contributed by atoms with Crippen LogP contribution in [0.25, 0.3) is 0 Å². The number of aliphatic hydroxyl groups is 1. The first-order chi connectivity index (χ1) is 8.04. The molecule has 0 saturated heterocycles. The quantitative estimate of drug-likeness (QED) is 0.832. The maximum absolute atomic E-state index is 12.8. The fraction of sp³-hybridized carbons (Fsp3) is 0.615. The SMILES string of the molecule is CCC(O)(c1ccc(F)cn1)C(C)CCOC. The Balaban J connectivity index is 2.90. The maximum Gasteiger partial charge on any atom is 0.141 e. The summed E-state index contributed by atoms with van der Waals surface area (Å²) >= 11 is 0. The average Bonchev–Trinajstić information content (AvgIpc) is 2.35. The van der Waals surface area contributed by atoms with Crippen LogP contribution < -0.4 is 0 Å². The van der Waals surface area contributed by atoms with Crippen molar-refractivity contribution in [3.63, 3.8) is 0 Å². The third kappa shape index (κ3) is 3.23. The molecular formula is C13H20FNO2. The van der Waals surface area contributed by atoms with Gasteiger partial charge in [-0.1, -0.05) is 13.8 Å². The second-order valence-electron chi connectivity index (χ2n) is 4.32. The van der Waals surface area contributed by atoms with E-state index in [-0.39, 0.29) is 5.92 Å². The summed E-state index contributed by atoms with van der Waals surface area (Å²) in [5.74, 6) is -0.387. The van der Waals surface area contributed by atoms with Gasteiger partial charge in [0.25, 0.3) is 0 Å². The molecule has 1 rings (SSSR count). The Hall–Kier alpha value is -1.00. The molecule has 0 bridgehead atoms. The van der Waals surface area contributed by atoms with E-state index in [0.29, 0.717) is 18.7 Å². The Kier molecular flexibility index (Phi) is 5.02. The average molecular weight is 241 g/mol. The lowest BCUT2D eigenvalue weighted by atomic mass is 9.81. The van der Waals surface area contributed by atoms with Gasteiger partial charge in [0, 0.05) is 13.7 Å². The van der Waals surface area contributed by atoms with Crippen molar-refractivity contribution < 1.29 is 14.2 Å². The van der Waals surface area contributed by atoms with Crippen molar-refractivity contribution in [2.75, 3.05) is 13.7 Å². The van der Waals surface area contributed by atoms with Gasteiger partial charge < -0.3 is 9.84 Å². The van der Waals surface area contributed by atoms with Crippen LogP contribution in [0, 0.1) is 11.7 Å². The zero-order valence-corrected chi connectivity index (χ0v) is 10.6. The van der Waals surface area contributed by atoms with Crippen molar-refractivity contribution in [3.8, 4) is 0 Å². The minimum atomic E-state index is -1.02. The summed E-state index contributed by atoms with van der Waals surface area (Å²) in [6, 6.07) is 2.87. The van der Waals surface area contributed by atoms with E-state index in [4.69, 9.17) is 4.74 Å². The van der Waals surface area contributed by atoms with Crippen molar-refractivity contribution in [1.29, 1.82) is 0 Å². The molecule has 1 N–H and O–H groups in total. The minimum absolute atomic E-state index is 0.00501. The fourth-order valence-corrected chi connectivity index (χ4v) is 1.95. The zero-order valence-electron chi connectivity index (χ0n) is 10.6. The predicted octanol–water partition coefficient (Wildman–Crippen LogP) is 2.49. The van der Waals surface area contributed by atoms with Crippen molar-refractivity contribution >= 4 is 0 Å². The monoisotopic (exact) mass is 241 g/mol. The molecule has 0 aliphatic heterocycles. The molecule has 0 saturated carbocycles. The minimum Gasteiger partial charge on any atom is -0.385 e. The van der Waals surface area contributed by atoms with Gasteiger partial charge in [-0.2, -0.15) is 0 Å². The summed E-state index contributed by atoms with van der Waals surface area (Å²) in [6.07, 6.45) is 2.41. The lowest BCUT2D eigenvalue weighted by Crippen LogP contribution is -2.34. The van der Waals surface area contributed by atoms with Crippen LogP contribution in [0.1, 0.15) is 32.4 Å². The lowest BCUT2D eigenvalue weighted by Gasteiger charge is -2.32. The van der Waals surface area contributed by atoms with E-state index in [2.05, 4.69) is 4.98 Å². The van der Waals surface area contributed by atoms with E-state index in [1.54, 1.807) is 13.2 Å².